The fourth-order valence-electron chi connectivity index (χ4n) is 1.41. The summed E-state index contributed by atoms with van der Waals surface area (Å²) in [5.74, 6) is 0.955. The zero-order valence-corrected chi connectivity index (χ0v) is 6.99. The number of rotatable bonds is 2. The van der Waals surface area contributed by atoms with Crippen molar-refractivity contribution in [2.75, 3.05) is 26.2 Å². The summed E-state index contributed by atoms with van der Waals surface area (Å²) in [6.45, 7) is 5.24. The van der Waals surface area contributed by atoms with Crippen LogP contribution in [0.15, 0.2) is 16.8 Å². The van der Waals surface area contributed by atoms with Crippen molar-refractivity contribution in [3.63, 3.8) is 0 Å². The fourth-order valence-corrected chi connectivity index (χ4v) is 1.41. The minimum absolute atomic E-state index is 0.891. The third-order valence-electron chi connectivity index (χ3n) is 2.08. The SMILES string of the molecule is c1cc(CN2CCNCC2)on1. The second-order valence-corrected chi connectivity index (χ2v) is 3.00. The Hall–Kier alpha value is -0.870. The zero-order valence-electron chi connectivity index (χ0n) is 6.99. The van der Waals surface area contributed by atoms with Gasteiger partial charge in [0.05, 0.1) is 12.7 Å². The van der Waals surface area contributed by atoms with Gasteiger partial charge < -0.3 is 9.84 Å². The molecule has 12 heavy (non-hydrogen) atoms. The quantitative estimate of drug-likeness (QED) is 0.677. The Kier molecular flexibility index (Phi) is 2.39. The second kappa shape index (κ2) is 3.69. The highest BCUT2D eigenvalue weighted by molar-refractivity contribution is 4.93. The van der Waals surface area contributed by atoms with Crippen LogP contribution in [0.3, 0.4) is 0 Å². The van der Waals surface area contributed by atoms with Crippen molar-refractivity contribution in [2.45, 2.75) is 6.54 Å². The minimum Gasteiger partial charge on any atom is -0.360 e. The molecule has 1 saturated heterocycles. The monoisotopic (exact) mass is 167 g/mol. The Morgan fingerprint density at radius 2 is 2.33 bits per heavy atom. The van der Waals surface area contributed by atoms with Gasteiger partial charge in [0.25, 0.3) is 0 Å². The van der Waals surface area contributed by atoms with Gasteiger partial charge in [0.1, 0.15) is 0 Å². The summed E-state index contributed by atoms with van der Waals surface area (Å²) in [5.41, 5.74) is 0. The molecule has 0 atom stereocenters. The van der Waals surface area contributed by atoms with Crippen LogP contribution >= 0.6 is 0 Å². The van der Waals surface area contributed by atoms with Gasteiger partial charge in [-0.1, -0.05) is 5.16 Å². The van der Waals surface area contributed by atoms with Gasteiger partial charge in [0.2, 0.25) is 0 Å². The maximum atomic E-state index is 5.02. The third-order valence-corrected chi connectivity index (χ3v) is 2.08. The van der Waals surface area contributed by atoms with Crippen LogP contribution in [0.2, 0.25) is 0 Å². The van der Waals surface area contributed by atoms with Gasteiger partial charge in [0, 0.05) is 32.2 Å². The second-order valence-electron chi connectivity index (χ2n) is 3.00. The van der Waals surface area contributed by atoms with Crippen molar-refractivity contribution in [3.8, 4) is 0 Å². The van der Waals surface area contributed by atoms with Crippen LogP contribution in [-0.2, 0) is 6.54 Å². The van der Waals surface area contributed by atoms with Gasteiger partial charge >= 0.3 is 0 Å². The van der Waals surface area contributed by atoms with Crippen LogP contribution in [0.5, 0.6) is 0 Å². The predicted octanol–water partition coefficient (Wildman–Crippen LogP) is 0.0798. The number of hydrogen-bond donors (Lipinski definition) is 1. The Balaban J connectivity index is 1.86. The third kappa shape index (κ3) is 1.84. The summed E-state index contributed by atoms with van der Waals surface area (Å²) >= 11 is 0. The van der Waals surface area contributed by atoms with E-state index >= 15 is 0 Å². The van der Waals surface area contributed by atoms with E-state index in [1.54, 1.807) is 6.20 Å². The minimum atomic E-state index is 0.891. The van der Waals surface area contributed by atoms with Gasteiger partial charge in [-0.05, 0) is 0 Å². The summed E-state index contributed by atoms with van der Waals surface area (Å²) in [7, 11) is 0. The standard InChI is InChI=1S/C8H13N3O/c1-2-10-12-8(1)7-11-5-3-9-4-6-11/h1-2,9H,3-7H2. The lowest BCUT2D eigenvalue weighted by Crippen LogP contribution is -2.42. The van der Waals surface area contributed by atoms with Crippen LogP contribution < -0.4 is 5.32 Å². The van der Waals surface area contributed by atoms with Gasteiger partial charge in [0.15, 0.2) is 5.76 Å². The molecule has 2 heterocycles. The Bertz CT molecular complexity index is 216. The van der Waals surface area contributed by atoms with Crippen molar-refractivity contribution in [1.29, 1.82) is 0 Å². The van der Waals surface area contributed by atoms with Crippen molar-refractivity contribution >= 4 is 0 Å². The van der Waals surface area contributed by atoms with E-state index in [0.717, 1.165) is 38.5 Å². The number of piperazine rings is 1. The van der Waals surface area contributed by atoms with Crippen molar-refractivity contribution in [2.24, 2.45) is 0 Å². The molecule has 4 heteroatoms. The molecular formula is C8H13N3O. The van der Waals surface area contributed by atoms with Crippen LogP contribution in [-0.4, -0.2) is 36.2 Å². The Morgan fingerprint density at radius 1 is 1.50 bits per heavy atom. The van der Waals surface area contributed by atoms with E-state index < -0.39 is 0 Å². The topological polar surface area (TPSA) is 41.3 Å². The van der Waals surface area contributed by atoms with E-state index in [4.69, 9.17) is 4.52 Å². The maximum absolute atomic E-state index is 5.02. The molecule has 0 bridgehead atoms. The molecule has 4 nitrogen and oxygen atoms in total. The van der Waals surface area contributed by atoms with E-state index in [-0.39, 0.29) is 0 Å². The van der Waals surface area contributed by atoms with Crippen molar-refractivity contribution in [1.82, 2.24) is 15.4 Å². The Morgan fingerprint density at radius 3 is 3.00 bits per heavy atom. The highest BCUT2D eigenvalue weighted by atomic mass is 16.5. The van der Waals surface area contributed by atoms with Crippen LogP contribution in [0.1, 0.15) is 5.76 Å². The first kappa shape index (κ1) is 7.76. The molecule has 1 aromatic rings. The molecule has 1 N–H and O–H groups in total. The largest absolute Gasteiger partial charge is 0.360 e. The number of nitrogens with one attached hydrogen (secondary N) is 1. The summed E-state index contributed by atoms with van der Waals surface area (Å²) in [6, 6.07) is 1.92. The molecule has 0 aliphatic carbocycles. The number of aromatic nitrogens is 1. The molecule has 66 valence electrons. The van der Waals surface area contributed by atoms with Gasteiger partial charge in [-0.15, -0.1) is 0 Å². The molecule has 0 saturated carbocycles. The van der Waals surface area contributed by atoms with Crippen LogP contribution in [0.4, 0.5) is 0 Å². The molecule has 2 rings (SSSR count). The van der Waals surface area contributed by atoms with Gasteiger partial charge in [-0.2, -0.15) is 0 Å². The smallest absolute Gasteiger partial charge is 0.150 e. The first-order valence-corrected chi connectivity index (χ1v) is 4.28. The molecule has 1 aliphatic rings. The lowest BCUT2D eigenvalue weighted by Gasteiger charge is -2.25. The van der Waals surface area contributed by atoms with Gasteiger partial charge in [-0.25, -0.2) is 0 Å². The fraction of sp³-hybridized carbons (Fsp3) is 0.625. The lowest BCUT2D eigenvalue weighted by molar-refractivity contribution is 0.207. The molecule has 0 unspecified atom stereocenters. The average molecular weight is 167 g/mol. The zero-order chi connectivity index (χ0) is 8.23. The first-order valence-electron chi connectivity index (χ1n) is 4.28. The van der Waals surface area contributed by atoms with Crippen LogP contribution in [0, 0.1) is 0 Å². The summed E-state index contributed by atoms with van der Waals surface area (Å²) < 4.78 is 5.02. The van der Waals surface area contributed by atoms with Crippen molar-refractivity contribution < 1.29 is 4.52 Å². The molecule has 0 aromatic carbocycles. The lowest BCUT2D eigenvalue weighted by atomic mass is 10.3. The van der Waals surface area contributed by atoms with Crippen molar-refractivity contribution in [3.05, 3.63) is 18.0 Å². The average Bonchev–Trinajstić information content (AvgIpc) is 2.59. The highest BCUT2D eigenvalue weighted by Crippen LogP contribution is 2.03. The summed E-state index contributed by atoms with van der Waals surface area (Å²) in [6.07, 6.45) is 1.69. The Labute approximate surface area is 71.5 Å². The van der Waals surface area contributed by atoms with E-state index in [1.807, 2.05) is 6.07 Å². The van der Waals surface area contributed by atoms with E-state index in [1.165, 1.54) is 0 Å². The maximum Gasteiger partial charge on any atom is 0.150 e. The molecule has 1 fully saturated rings. The van der Waals surface area contributed by atoms with Gasteiger partial charge in [-0.3, -0.25) is 4.90 Å². The van der Waals surface area contributed by atoms with Crippen LogP contribution in [0.25, 0.3) is 0 Å². The number of hydrogen-bond acceptors (Lipinski definition) is 4. The molecule has 0 radical (unpaired) electrons. The molecule has 1 aliphatic heterocycles. The molecule has 0 amide bonds. The summed E-state index contributed by atoms with van der Waals surface area (Å²) in [4.78, 5) is 2.36. The predicted molar refractivity (Wildman–Crippen MR) is 44.6 cm³/mol. The molecule has 0 spiro atoms. The first-order chi connectivity index (χ1) is 5.95. The normalized spacial score (nSPS) is 19.7. The molecule has 1 aromatic heterocycles. The highest BCUT2D eigenvalue weighted by Gasteiger charge is 2.10. The van der Waals surface area contributed by atoms with E-state index in [2.05, 4.69) is 15.4 Å². The number of nitrogens with zero attached hydrogens (tertiary/aromatic N) is 2. The van der Waals surface area contributed by atoms with E-state index in [9.17, 15) is 0 Å². The summed E-state index contributed by atoms with van der Waals surface area (Å²) in [5, 5.41) is 6.98. The molecular weight excluding hydrogens is 154 g/mol. The van der Waals surface area contributed by atoms with E-state index in [0.29, 0.717) is 0 Å².